The number of rotatable bonds is 8. The Morgan fingerprint density at radius 1 is 1.09 bits per heavy atom. The van der Waals surface area contributed by atoms with Crippen LogP contribution in [0, 0.1) is 0 Å². The van der Waals surface area contributed by atoms with Gasteiger partial charge < -0.3 is 19.5 Å². The molecule has 0 aliphatic carbocycles. The number of ether oxygens (including phenoxy) is 1. The standard InChI is InChI=1S/C22H30N4O5S/c1-4-24-16-17(7-10-21(24)27)23-22(28)19-15-18(32(29,30)26(5-2)6-3)8-9-20(19)25-11-13-31-14-12-25/h7-10,15-16H,4-6,11-14H2,1-3H3,(H,23,28). The summed E-state index contributed by atoms with van der Waals surface area (Å²) in [5, 5.41) is 2.81. The number of hydrogen-bond acceptors (Lipinski definition) is 6. The van der Waals surface area contributed by atoms with Crippen LogP contribution in [-0.4, -0.2) is 62.6 Å². The van der Waals surface area contributed by atoms with E-state index in [0.717, 1.165) is 0 Å². The first-order valence-electron chi connectivity index (χ1n) is 10.8. The van der Waals surface area contributed by atoms with Crippen LogP contribution in [0.3, 0.4) is 0 Å². The SMILES string of the molecule is CCN(CC)S(=O)(=O)c1ccc(N2CCOCC2)c(C(=O)Nc2ccc(=O)n(CC)c2)c1. The van der Waals surface area contributed by atoms with Crippen molar-refractivity contribution in [2.75, 3.05) is 49.6 Å². The maximum absolute atomic E-state index is 13.3. The maximum atomic E-state index is 13.3. The summed E-state index contributed by atoms with van der Waals surface area (Å²) >= 11 is 0. The van der Waals surface area contributed by atoms with Crippen LogP contribution < -0.4 is 15.8 Å². The van der Waals surface area contributed by atoms with Crippen molar-refractivity contribution in [1.82, 2.24) is 8.87 Å². The average molecular weight is 463 g/mol. The van der Waals surface area contributed by atoms with E-state index in [0.29, 0.717) is 57.3 Å². The van der Waals surface area contributed by atoms with Crippen molar-refractivity contribution in [2.45, 2.75) is 32.2 Å². The van der Waals surface area contributed by atoms with Gasteiger partial charge in [0.25, 0.3) is 11.5 Å². The lowest BCUT2D eigenvalue weighted by Gasteiger charge is -2.30. The second-order valence-electron chi connectivity index (χ2n) is 7.36. The molecule has 1 aromatic heterocycles. The summed E-state index contributed by atoms with van der Waals surface area (Å²) in [4.78, 5) is 27.2. The van der Waals surface area contributed by atoms with E-state index >= 15 is 0 Å². The Balaban J connectivity index is 2.03. The van der Waals surface area contributed by atoms with Crippen LogP contribution in [0.15, 0.2) is 46.2 Å². The highest BCUT2D eigenvalue weighted by atomic mass is 32.2. The van der Waals surface area contributed by atoms with Gasteiger partial charge in [-0.1, -0.05) is 13.8 Å². The van der Waals surface area contributed by atoms with E-state index in [1.165, 1.54) is 27.1 Å². The average Bonchev–Trinajstić information content (AvgIpc) is 2.81. The minimum absolute atomic E-state index is 0.0712. The molecule has 174 valence electrons. The van der Waals surface area contributed by atoms with Gasteiger partial charge in [0.1, 0.15) is 0 Å². The molecule has 1 saturated heterocycles. The number of amides is 1. The third kappa shape index (κ3) is 5.03. The predicted octanol–water partition coefficient (Wildman–Crippen LogP) is 1.99. The minimum atomic E-state index is -3.73. The molecular weight excluding hydrogens is 432 g/mol. The fourth-order valence-electron chi connectivity index (χ4n) is 3.70. The molecule has 1 amide bonds. The third-order valence-corrected chi connectivity index (χ3v) is 7.54. The molecule has 0 unspecified atom stereocenters. The van der Waals surface area contributed by atoms with Crippen molar-refractivity contribution in [3.05, 3.63) is 52.4 Å². The highest BCUT2D eigenvalue weighted by Crippen LogP contribution is 2.27. The van der Waals surface area contributed by atoms with Crippen molar-refractivity contribution in [3.63, 3.8) is 0 Å². The number of aryl methyl sites for hydroxylation is 1. The Hall–Kier alpha value is -2.69. The smallest absolute Gasteiger partial charge is 0.257 e. The lowest BCUT2D eigenvalue weighted by molar-refractivity contribution is 0.102. The van der Waals surface area contributed by atoms with E-state index in [9.17, 15) is 18.0 Å². The molecule has 0 atom stereocenters. The second-order valence-corrected chi connectivity index (χ2v) is 9.30. The first kappa shape index (κ1) is 24.0. The van der Waals surface area contributed by atoms with Gasteiger partial charge in [-0.05, 0) is 31.2 Å². The van der Waals surface area contributed by atoms with Crippen molar-refractivity contribution >= 4 is 27.3 Å². The quantitative estimate of drug-likeness (QED) is 0.644. The lowest BCUT2D eigenvalue weighted by atomic mass is 10.1. The van der Waals surface area contributed by atoms with Crippen molar-refractivity contribution in [2.24, 2.45) is 0 Å². The van der Waals surface area contributed by atoms with E-state index in [-0.39, 0.29) is 16.0 Å². The van der Waals surface area contributed by atoms with Gasteiger partial charge in [0.15, 0.2) is 0 Å². The topological polar surface area (TPSA) is 101 Å². The molecule has 1 aromatic carbocycles. The molecule has 1 N–H and O–H groups in total. The van der Waals surface area contributed by atoms with Gasteiger partial charge >= 0.3 is 0 Å². The van der Waals surface area contributed by atoms with Crippen molar-refractivity contribution < 1.29 is 17.9 Å². The number of hydrogen-bond donors (Lipinski definition) is 1. The second kappa shape index (κ2) is 10.3. The summed E-state index contributed by atoms with van der Waals surface area (Å²) < 4.78 is 34.4. The van der Waals surface area contributed by atoms with Crippen LogP contribution in [0.5, 0.6) is 0 Å². The van der Waals surface area contributed by atoms with E-state index in [1.807, 2.05) is 11.8 Å². The monoisotopic (exact) mass is 462 g/mol. The molecule has 0 spiro atoms. The van der Waals surface area contributed by atoms with Crippen LogP contribution in [0.2, 0.25) is 0 Å². The Bertz CT molecular complexity index is 1120. The first-order chi connectivity index (χ1) is 15.3. The minimum Gasteiger partial charge on any atom is -0.378 e. The van der Waals surface area contributed by atoms with Gasteiger partial charge in [-0.25, -0.2) is 8.42 Å². The zero-order valence-electron chi connectivity index (χ0n) is 18.7. The van der Waals surface area contributed by atoms with Gasteiger partial charge in [0.05, 0.1) is 29.4 Å². The zero-order chi connectivity index (χ0) is 23.3. The molecule has 0 bridgehead atoms. The van der Waals surface area contributed by atoms with Gasteiger partial charge in [-0.2, -0.15) is 4.31 Å². The van der Waals surface area contributed by atoms with E-state index < -0.39 is 15.9 Å². The van der Waals surface area contributed by atoms with E-state index in [4.69, 9.17) is 4.74 Å². The fourth-order valence-corrected chi connectivity index (χ4v) is 5.19. The van der Waals surface area contributed by atoms with Gasteiger partial charge in [-0.15, -0.1) is 0 Å². The highest BCUT2D eigenvalue weighted by molar-refractivity contribution is 7.89. The molecule has 2 heterocycles. The van der Waals surface area contributed by atoms with Gasteiger partial charge in [0, 0.05) is 50.7 Å². The Labute approximate surface area is 188 Å². The lowest BCUT2D eigenvalue weighted by Crippen LogP contribution is -2.37. The molecule has 32 heavy (non-hydrogen) atoms. The number of sulfonamides is 1. The zero-order valence-corrected chi connectivity index (χ0v) is 19.5. The van der Waals surface area contributed by atoms with Gasteiger partial charge in [0.2, 0.25) is 10.0 Å². The summed E-state index contributed by atoms with van der Waals surface area (Å²) in [5.41, 5.74) is 1.20. The number of morpholine rings is 1. The molecule has 0 saturated carbocycles. The summed E-state index contributed by atoms with van der Waals surface area (Å²) in [6, 6.07) is 7.60. The predicted molar refractivity (Wildman–Crippen MR) is 124 cm³/mol. The van der Waals surface area contributed by atoms with Crippen LogP contribution >= 0.6 is 0 Å². The number of carbonyl (C=O) groups excluding carboxylic acids is 1. The van der Waals surface area contributed by atoms with E-state index in [1.54, 1.807) is 32.2 Å². The van der Waals surface area contributed by atoms with Gasteiger partial charge in [-0.3, -0.25) is 9.59 Å². The summed E-state index contributed by atoms with van der Waals surface area (Å²) in [6.45, 7) is 8.80. The normalized spacial score (nSPS) is 14.6. The number of nitrogens with one attached hydrogen (secondary N) is 1. The molecule has 9 nitrogen and oxygen atoms in total. The Morgan fingerprint density at radius 3 is 2.41 bits per heavy atom. The molecule has 3 rings (SSSR count). The van der Waals surface area contributed by atoms with Crippen LogP contribution in [0.25, 0.3) is 0 Å². The fraction of sp³-hybridized carbons (Fsp3) is 0.455. The number of benzene rings is 1. The Kier molecular flexibility index (Phi) is 7.70. The maximum Gasteiger partial charge on any atom is 0.257 e. The summed E-state index contributed by atoms with van der Waals surface area (Å²) in [7, 11) is -3.73. The summed E-state index contributed by atoms with van der Waals surface area (Å²) in [6.07, 6.45) is 1.57. The van der Waals surface area contributed by atoms with Crippen LogP contribution in [0.1, 0.15) is 31.1 Å². The number of carbonyl (C=O) groups is 1. The molecule has 1 fully saturated rings. The van der Waals surface area contributed by atoms with E-state index in [2.05, 4.69) is 5.32 Å². The molecule has 10 heteroatoms. The number of nitrogens with zero attached hydrogens (tertiary/aromatic N) is 3. The van der Waals surface area contributed by atoms with Crippen molar-refractivity contribution in [1.29, 1.82) is 0 Å². The first-order valence-corrected chi connectivity index (χ1v) is 12.2. The third-order valence-electron chi connectivity index (χ3n) is 5.49. The molecular formula is C22H30N4O5S. The Morgan fingerprint density at radius 2 is 1.78 bits per heavy atom. The highest BCUT2D eigenvalue weighted by Gasteiger charge is 2.26. The summed E-state index contributed by atoms with van der Waals surface area (Å²) in [5.74, 6) is -0.440. The van der Waals surface area contributed by atoms with Crippen LogP contribution in [0.4, 0.5) is 11.4 Å². The number of aromatic nitrogens is 1. The molecule has 0 radical (unpaired) electrons. The van der Waals surface area contributed by atoms with Crippen LogP contribution in [-0.2, 0) is 21.3 Å². The molecule has 2 aromatic rings. The number of pyridine rings is 1. The molecule has 1 aliphatic heterocycles. The number of anilines is 2. The molecule has 1 aliphatic rings. The van der Waals surface area contributed by atoms with Crippen molar-refractivity contribution in [3.8, 4) is 0 Å². The largest absolute Gasteiger partial charge is 0.378 e.